The summed E-state index contributed by atoms with van der Waals surface area (Å²) in [5.41, 5.74) is 3.83. The number of aryl methyl sites for hydroxylation is 2. The normalized spacial score (nSPS) is 15.0. The van der Waals surface area contributed by atoms with E-state index in [-0.39, 0.29) is 11.8 Å². The number of carbonyl (C=O) groups excluding carboxylic acids is 1. The molecule has 0 saturated carbocycles. The van der Waals surface area contributed by atoms with Gasteiger partial charge in [0, 0.05) is 25.4 Å². The van der Waals surface area contributed by atoms with Crippen molar-refractivity contribution in [2.45, 2.75) is 38.0 Å². The number of piperidine rings is 1. The smallest absolute Gasteiger partial charge is 0.243 e. The lowest BCUT2D eigenvalue weighted by Gasteiger charge is -2.30. The van der Waals surface area contributed by atoms with Crippen molar-refractivity contribution in [2.75, 3.05) is 25.0 Å². The Kier molecular flexibility index (Phi) is 7.88. The molecule has 7 heteroatoms. The van der Waals surface area contributed by atoms with E-state index in [0.29, 0.717) is 48.9 Å². The number of carbonyl (C=O) groups is 1. The summed E-state index contributed by atoms with van der Waals surface area (Å²) in [7, 11) is -3.57. The Balaban J connectivity index is 1.33. The number of rotatable bonds is 8. The number of sulfonamides is 1. The van der Waals surface area contributed by atoms with Gasteiger partial charge in [0.1, 0.15) is 5.75 Å². The largest absolute Gasteiger partial charge is 0.491 e. The Morgan fingerprint density at radius 3 is 2.34 bits per heavy atom. The highest BCUT2D eigenvalue weighted by Gasteiger charge is 2.32. The zero-order chi connectivity index (χ0) is 24.8. The van der Waals surface area contributed by atoms with Gasteiger partial charge in [0.15, 0.2) is 0 Å². The number of anilines is 1. The van der Waals surface area contributed by atoms with Crippen molar-refractivity contribution in [3.63, 3.8) is 0 Å². The average Bonchev–Trinajstić information content (AvgIpc) is 2.87. The molecule has 0 radical (unpaired) electrons. The number of ether oxygens (including phenoxy) is 1. The van der Waals surface area contributed by atoms with Crippen LogP contribution in [-0.2, 0) is 21.2 Å². The van der Waals surface area contributed by atoms with Crippen LogP contribution in [0.2, 0.25) is 0 Å². The van der Waals surface area contributed by atoms with E-state index >= 15 is 0 Å². The molecule has 6 nitrogen and oxygen atoms in total. The fourth-order valence-corrected chi connectivity index (χ4v) is 5.79. The van der Waals surface area contributed by atoms with Crippen molar-refractivity contribution in [1.82, 2.24) is 4.31 Å². The van der Waals surface area contributed by atoms with Crippen LogP contribution in [0.4, 0.5) is 5.69 Å². The van der Waals surface area contributed by atoms with E-state index in [1.165, 1.54) is 9.87 Å². The predicted molar refractivity (Wildman–Crippen MR) is 138 cm³/mol. The van der Waals surface area contributed by atoms with Gasteiger partial charge in [0.2, 0.25) is 15.9 Å². The molecule has 0 aromatic heterocycles. The topological polar surface area (TPSA) is 75.7 Å². The van der Waals surface area contributed by atoms with Crippen molar-refractivity contribution in [2.24, 2.45) is 5.92 Å². The van der Waals surface area contributed by atoms with Gasteiger partial charge in [0.25, 0.3) is 0 Å². The van der Waals surface area contributed by atoms with Crippen LogP contribution in [0, 0.1) is 19.8 Å². The summed E-state index contributed by atoms with van der Waals surface area (Å²) in [5.74, 6) is 0.275. The maximum absolute atomic E-state index is 13.1. The molecule has 3 aromatic carbocycles. The summed E-state index contributed by atoms with van der Waals surface area (Å²) >= 11 is 0. The molecule has 4 rings (SSSR count). The average molecular weight is 493 g/mol. The fraction of sp³-hybridized carbons (Fsp3) is 0.321. The molecule has 1 aliphatic heterocycles. The quantitative estimate of drug-likeness (QED) is 0.482. The molecular weight excluding hydrogens is 460 g/mol. The first-order valence-corrected chi connectivity index (χ1v) is 13.4. The second-order valence-corrected chi connectivity index (χ2v) is 10.9. The molecule has 1 N–H and O–H groups in total. The zero-order valence-electron chi connectivity index (χ0n) is 20.2. The predicted octanol–water partition coefficient (Wildman–Crippen LogP) is 4.96. The van der Waals surface area contributed by atoms with Crippen LogP contribution >= 0.6 is 0 Å². The Morgan fingerprint density at radius 2 is 1.63 bits per heavy atom. The van der Waals surface area contributed by atoms with Crippen molar-refractivity contribution in [3.05, 3.63) is 89.5 Å². The molecule has 1 fully saturated rings. The highest BCUT2D eigenvalue weighted by Crippen LogP contribution is 2.28. The number of hydrogen-bond acceptors (Lipinski definition) is 4. The van der Waals surface area contributed by atoms with Crippen molar-refractivity contribution < 1.29 is 17.9 Å². The highest BCUT2D eigenvalue weighted by molar-refractivity contribution is 7.89. The molecular formula is C28H32N2O4S. The molecule has 0 spiro atoms. The van der Waals surface area contributed by atoms with Gasteiger partial charge in [-0.25, -0.2) is 8.42 Å². The van der Waals surface area contributed by atoms with Crippen LogP contribution < -0.4 is 10.1 Å². The van der Waals surface area contributed by atoms with Crippen molar-refractivity contribution in [3.8, 4) is 5.75 Å². The van der Waals surface area contributed by atoms with E-state index in [4.69, 9.17) is 4.74 Å². The lowest BCUT2D eigenvalue weighted by Crippen LogP contribution is -2.41. The molecule has 1 saturated heterocycles. The third-order valence-corrected chi connectivity index (χ3v) is 8.47. The van der Waals surface area contributed by atoms with Gasteiger partial charge in [-0.2, -0.15) is 4.31 Å². The van der Waals surface area contributed by atoms with Crippen LogP contribution in [0.5, 0.6) is 5.75 Å². The number of para-hydroxylation sites is 2. The number of benzene rings is 3. The Bertz CT molecular complexity index is 1270. The lowest BCUT2D eigenvalue weighted by atomic mass is 9.97. The van der Waals surface area contributed by atoms with Crippen LogP contribution in [0.15, 0.2) is 77.7 Å². The zero-order valence-corrected chi connectivity index (χ0v) is 21.1. The monoisotopic (exact) mass is 492 g/mol. The Labute approximate surface area is 208 Å². The summed E-state index contributed by atoms with van der Waals surface area (Å²) < 4.78 is 33.6. The van der Waals surface area contributed by atoms with Crippen LogP contribution in [0.3, 0.4) is 0 Å². The molecule has 184 valence electrons. The molecule has 0 bridgehead atoms. The number of nitrogens with zero attached hydrogens (tertiary/aromatic N) is 1. The van der Waals surface area contributed by atoms with Crippen LogP contribution in [0.1, 0.15) is 29.5 Å². The first-order valence-electron chi connectivity index (χ1n) is 12.0. The van der Waals surface area contributed by atoms with Gasteiger partial charge in [-0.3, -0.25) is 4.79 Å². The van der Waals surface area contributed by atoms with Gasteiger partial charge in [-0.15, -0.1) is 0 Å². The number of nitrogens with one attached hydrogen (secondary N) is 1. The molecule has 0 aliphatic carbocycles. The third-order valence-electron chi connectivity index (χ3n) is 6.58. The summed E-state index contributed by atoms with van der Waals surface area (Å²) in [4.78, 5) is 13.3. The molecule has 1 amide bonds. The first-order chi connectivity index (χ1) is 16.8. The molecule has 0 atom stereocenters. The standard InChI is InChI=1S/C28H32N2O4S/c1-21-12-13-25(20-22(21)2)35(32,33)30-17-14-24(15-18-30)28(31)29-26-10-6-7-11-27(26)34-19-16-23-8-4-3-5-9-23/h3-13,20,24H,14-19H2,1-2H3,(H,29,31). The lowest BCUT2D eigenvalue weighted by molar-refractivity contribution is -0.120. The van der Waals surface area contributed by atoms with E-state index < -0.39 is 10.0 Å². The maximum atomic E-state index is 13.1. The third kappa shape index (κ3) is 6.10. The summed E-state index contributed by atoms with van der Waals surface area (Å²) in [6, 6.07) is 22.7. The maximum Gasteiger partial charge on any atom is 0.243 e. The van der Waals surface area contributed by atoms with Gasteiger partial charge in [0.05, 0.1) is 17.2 Å². The first kappa shape index (κ1) is 24.9. The molecule has 0 unspecified atom stereocenters. The van der Waals surface area contributed by atoms with Crippen LogP contribution in [0.25, 0.3) is 0 Å². The Hall–Kier alpha value is -3.16. The number of amides is 1. The highest BCUT2D eigenvalue weighted by atomic mass is 32.2. The minimum Gasteiger partial charge on any atom is -0.491 e. The van der Waals surface area contributed by atoms with Gasteiger partial charge in [-0.05, 0) is 67.6 Å². The molecule has 3 aromatic rings. The Morgan fingerprint density at radius 1 is 0.943 bits per heavy atom. The minimum atomic E-state index is -3.57. The van der Waals surface area contributed by atoms with Crippen LogP contribution in [-0.4, -0.2) is 38.3 Å². The molecule has 35 heavy (non-hydrogen) atoms. The minimum absolute atomic E-state index is 0.104. The second kappa shape index (κ2) is 11.1. The summed E-state index contributed by atoms with van der Waals surface area (Å²) in [6.45, 7) is 5.02. The molecule has 1 aliphatic rings. The van der Waals surface area contributed by atoms with Gasteiger partial charge in [-0.1, -0.05) is 48.5 Å². The summed E-state index contributed by atoms with van der Waals surface area (Å²) in [5, 5.41) is 3.00. The SMILES string of the molecule is Cc1ccc(S(=O)(=O)N2CCC(C(=O)Nc3ccccc3OCCc3ccccc3)CC2)cc1C. The molecule has 1 heterocycles. The van der Waals surface area contributed by atoms with Gasteiger partial charge < -0.3 is 10.1 Å². The van der Waals surface area contributed by atoms with E-state index in [1.807, 2.05) is 62.4 Å². The fourth-order valence-electron chi connectivity index (χ4n) is 4.24. The van der Waals surface area contributed by atoms with E-state index in [9.17, 15) is 13.2 Å². The van der Waals surface area contributed by atoms with E-state index in [2.05, 4.69) is 17.4 Å². The van der Waals surface area contributed by atoms with E-state index in [1.54, 1.807) is 12.1 Å². The van der Waals surface area contributed by atoms with Crippen molar-refractivity contribution >= 4 is 21.6 Å². The number of hydrogen-bond donors (Lipinski definition) is 1. The second-order valence-electron chi connectivity index (χ2n) is 8.99. The van der Waals surface area contributed by atoms with E-state index in [0.717, 1.165) is 17.5 Å². The van der Waals surface area contributed by atoms with Gasteiger partial charge >= 0.3 is 0 Å². The van der Waals surface area contributed by atoms with Crippen molar-refractivity contribution in [1.29, 1.82) is 0 Å². The summed E-state index contributed by atoms with van der Waals surface area (Å²) in [6.07, 6.45) is 1.73.